The third kappa shape index (κ3) is 4.15. The van der Waals surface area contributed by atoms with Gasteiger partial charge in [0.05, 0.1) is 22.2 Å². The van der Waals surface area contributed by atoms with Crippen LogP contribution in [0.15, 0.2) is 121 Å². The molecule has 0 amide bonds. The first-order valence-corrected chi connectivity index (χ1v) is 15.2. The Morgan fingerprint density at radius 3 is 1.88 bits per heavy atom. The molecule has 0 spiro atoms. The van der Waals surface area contributed by atoms with Crippen molar-refractivity contribution in [2.45, 2.75) is 34.6 Å². The molecule has 0 N–H and O–H groups in total. The van der Waals surface area contributed by atoms with E-state index in [1.165, 1.54) is 49.5 Å². The third-order valence-corrected chi connectivity index (χ3v) is 8.49. The normalized spacial score (nSPS) is 11.4. The molecule has 0 aliphatic carbocycles. The van der Waals surface area contributed by atoms with Gasteiger partial charge in [-0.2, -0.15) is 0 Å². The van der Waals surface area contributed by atoms with Crippen molar-refractivity contribution in [3.8, 4) is 22.5 Å². The Labute approximate surface area is 252 Å². The zero-order chi connectivity index (χ0) is 29.7. The summed E-state index contributed by atoms with van der Waals surface area (Å²) in [4.78, 5) is 5.04. The SMILES string of the molecule is CC.Cc1ccc2cccc(-c3cc(C)c(C)cc3-n3c4ccccc4c4c5ccccc5n(-c5ccccc5)c43)c2n1. The lowest BCUT2D eigenvalue weighted by Gasteiger charge is -2.19. The van der Waals surface area contributed by atoms with E-state index in [0.717, 1.165) is 33.5 Å². The van der Waals surface area contributed by atoms with Crippen LogP contribution in [-0.2, 0) is 0 Å². The lowest BCUT2D eigenvalue weighted by atomic mass is 9.96. The van der Waals surface area contributed by atoms with Gasteiger partial charge in [0.1, 0.15) is 5.65 Å². The van der Waals surface area contributed by atoms with Crippen molar-refractivity contribution in [1.82, 2.24) is 14.1 Å². The first-order chi connectivity index (χ1) is 21.1. The highest BCUT2D eigenvalue weighted by Gasteiger charge is 2.24. The molecule has 0 fully saturated rings. The van der Waals surface area contributed by atoms with Gasteiger partial charge in [0.15, 0.2) is 0 Å². The number of fused-ring (bicyclic) bond motifs is 6. The molecule has 8 aromatic rings. The number of hydrogen-bond donors (Lipinski definition) is 0. The maximum atomic E-state index is 5.04. The van der Waals surface area contributed by atoms with Gasteiger partial charge in [0.2, 0.25) is 0 Å². The number of para-hydroxylation sites is 4. The fraction of sp³-hybridized carbons (Fsp3) is 0.125. The van der Waals surface area contributed by atoms with E-state index in [1.807, 2.05) is 13.8 Å². The molecule has 8 rings (SSSR count). The summed E-state index contributed by atoms with van der Waals surface area (Å²) >= 11 is 0. The van der Waals surface area contributed by atoms with Crippen LogP contribution in [-0.4, -0.2) is 14.1 Å². The summed E-state index contributed by atoms with van der Waals surface area (Å²) < 4.78 is 4.91. The van der Waals surface area contributed by atoms with Crippen molar-refractivity contribution in [3.05, 3.63) is 138 Å². The second kappa shape index (κ2) is 10.6. The molecule has 0 radical (unpaired) electrons. The first kappa shape index (κ1) is 26.7. The average Bonchev–Trinajstić information content (AvgIpc) is 3.56. The van der Waals surface area contributed by atoms with E-state index in [4.69, 9.17) is 4.98 Å². The van der Waals surface area contributed by atoms with Crippen molar-refractivity contribution in [2.24, 2.45) is 0 Å². The lowest BCUT2D eigenvalue weighted by Crippen LogP contribution is -2.04. The Balaban J connectivity index is 0.00000147. The van der Waals surface area contributed by atoms with Crippen LogP contribution in [0.2, 0.25) is 0 Å². The fourth-order valence-electron chi connectivity index (χ4n) is 6.44. The predicted octanol–water partition coefficient (Wildman–Crippen LogP) is 10.9. The van der Waals surface area contributed by atoms with Crippen molar-refractivity contribution in [3.63, 3.8) is 0 Å². The molecule has 0 saturated heterocycles. The van der Waals surface area contributed by atoms with Crippen LogP contribution in [0.1, 0.15) is 30.7 Å². The average molecular weight is 558 g/mol. The highest BCUT2D eigenvalue weighted by molar-refractivity contribution is 6.22. The summed E-state index contributed by atoms with van der Waals surface area (Å²) in [6, 6.07) is 43.8. The van der Waals surface area contributed by atoms with Gasteiger partial charge < -0.3 is 0 Å². The molecule has 5 aromatic carbocycles. The molecule has 0 bridgehead atoms. The molecule has 3 heteroatoms. The van der Waals surface area contributed by atoms with E-state index in [2.05, 4.69) is 151 Å². The van der Waals surface area contributed by atoms with E-state index in [9.17, 15) is 0 Å². The zero-order valence-electron chi connectivity index (χ0n) is 25.4. The van der Waals surface area contributed by atoms with Gasteiger partial charge in [0, 0.05) is 44.1 Å². The fourth-order valence-corrected chi connectivity index (χ4v) is 6.44. The van der Waals surface area contributed by atoms with Crippen molar-refractivity contribution < 1.29 is 0 Å². The van der Waals surface area contributed by atoms with E-state index in [-0.39, 0.29) is 0 Å². The topological polar surface area (TPSA) is 22.8 Å². The molecule has 0 saturated carbocycles. The molecule has 0 aliphatic rings. The van der Waals surface area contributed by atoms with E-state index in [1.54, 1.807) is 0 Å². The molecule has 0 unspecified atom stereocenters. The van der Waals surface area contributed by atoms with Gasteiger partial charge in [-0.05, 0) is 74.4 Å². The third-order valence-electron chi connectivity index (χ3n) is 8.49. The monoisotopic (exact) mass is 557 g/mol. The summed E-state index contributed by atoms with van der Waals surface area (Å²) in [6.45, 7) is 10.5. The van der Waals surface area contributed by atoms with Crippen molar-refractivity contribution >= 4 is 43.7 Å². The Morgan fingerprint density at radius 2 is 1.16 bits per heavy atom. The van der Waals surface area contributed by atoms with Crippen LogP contribution in [0.3, 0.4) is 0 Å². The van der Waals surface area contributed by atoms with Crippen LogP contribution < -0.4 is 0 Å². The van der Waals surface area contributed by atoms with Gasteiger partial charge >= 0.3 is 0 Å². The molecular weight excluding hydrogens is 522 g/mol. The predicted molar refractivity (Wildman–Crippen MR) is 184 cm³/mol. The molecule has 0 atom stereocenters. The van der Waals surface area contributed by atoms with Gasteiger partial charge in [-0.1, -0.05) is 92.7 Å². The van der Waals surface area contributed by atoms with Gasteiger partial charge in [-0.15, -0.1) is 0 Å². The largest absolute Gasteiger partial charge is 0.295 e. The summed E-state index contributed by atoms with van der Waals surface area (Å²) in [5.74, 6) is 0. The number of aryl methyl sites for hydroxylation is 3. The van der Waals surface area contributed by atoms with Crippen LogP contribution in [0.4, 0.5) is 0 Å². The molecule has 43 heavy (non-hydrogen) atoms. The molecule has 3 aromatic heterocycles. The number of pyridine rings is 1. The van der Waals surface area contributed by atoms with E-state index in [0.29, 0.717) is 0 Å². The molecular formula is C40H35N3. The Hall–Kier alpha value is -5.15. The van der Waals surface area contributed by atoms with Crippen molar-refractivity contribution in [1.29, 1.82) is 0 Å². The number of nitrogens with zero attached hydrogens (tertiary/aromatic N) is 3. The Bertz CT molecular complexity index is 2280. The molecule has 210 valence electrons. The smallest absolute Gasteiger partial charge is 0.131 e. The maximum absolute atomic E-state index is 5.04. The first-order valence-electron chi connectivity index (χ1n) is 15.2. The minimum Gasteiger partial charge on any atom is -0.295 e. The second-order valence-corrected chi connectivity index (χ2v) is 11.0. The molecule has 3 nitrogen and oxygen atoms in total. The number of rotatable bonds is 3. The van der Waals surface area contributed by atoms with Crippen LogP contribution in [0.5, 0.6) is 0 Å². The van der Waals surface area contributed by atoms with Crippen LogP contribution in [0.25, 0.3) is 66.2 Å². The molecule has 0 aliphatic heterocycles. The summed E-state index contributed by atoms with van der Waals surface area (Å²) in [7, 11) is 0. The number of benzene rings is 5. The minimum atomic E-state index is 1.02. The standard InChI is InChI=1S/C38H29N3.C2H6/c1-24-22-32(29-17-11-12-27-21-20-26(3)39-37(27)29)35(23-25(24)2)41-34-19-10-8-16-31(34)36-30-15-7-9-18-33(30)40(38(36)41)28-13-5-4-6-14-28;1-2/h4-23H,1-3H3;1-2H3. The summed E-state index contributed by atoms with van der Waals surface area (Å²) in [5, 5.41) is 4.94. The quantitative estimate of drug-likeness (QED) is 0.212. The highest BCUT2D eigenvalue weighted by atomic mass is 15.1. The Morgan fingerprint density at radius 1 is 0.535 bits per heavy atom. The lowest BCUT2D eigenvalue weighted by molar-refractivity contribution is 1.06. The maximum Gasteiger partial charge on any atom is 0.131 e. The van der Waals surface area contributed by atoms with E-state index < -0.39 is 0 Å². The summed E-state index contributed by atoms with van der Waals surface area (Å²) in [5.41, 5.74) is 12.8. The highest BCUT2D eigenvalue weighted by Crippen LogP contribution is 2.43. The zero-order valence-corrected chi connectivity index (χ0v) is 25.4. The van der Waals surface area contributed by atoms with Crippen LogP contribution in [0, 0.1) is 20.8 Å². The number of aromatic nitrogens is 3. The minimum absolute atomic E-state index is 1.02. The molecule has 3 heterocycles. The van der Waals surface area contributed by atoms with Gasteiger partial charge in [-0.3, -0.25) is 14.1 Å². The van der Waals surface area contributed by atoms with Crippen LogP contribution >= 0.6 is 0 Å². The summed E-state index contributed by atoms with van der Waals surface area (Å²) in [6.07, 6.45) is 0. The van der Waals surface area contributed by atoms with E-state index >= 15 is 0 Å². The second-order valence-electron chi connectivity index (χ2n) is 11.0. The van der Waals surface area contributed by atoms with Gasteiger partial charge in [-0.25, -0.2) is 0 Å². The Kier molecular flexibility index (Phi) is 6.59. The van der Waals surface area contributed by atoms with Gasteiger partial charge in [0.25, 0.3) is 0 Å². The van der Waals surface area contributed by atoms with Crippen molar-refractivity contribution in [2.75, 3.05) is 0 Å². The number of hydrogen-bond acceptors (Lipinski definition) is 1.